The fraction of sp³-hybridized carbons (Fsp3) is 0.400. The minimum atomic E-state index is -4.52. The standard InChI is InChI=1S/C25H30N2O7S/c1-27-15-13-22(19-32-17-20-9-5-3-6-10-20)25(27,34-35(29,30)26-24(28)31-2)23(14-16-27)33-18-21-11-7-4-8-12-21/h3-13,23H,14-19H2,1-2H3/p+1. The van der Waals surface area contributed by atoms with Crippen LogP contribution < -0.4 is 4.72 Å². The van der Waals surface area contributed by atoms with Crippen molar-refractivity contribution in [3.63, 3.8) is 0 Å². The Bertz CT molecular complexity index is 1160. The summed E-state index contributed by atoms with van der Waals surface area (Å²) in [6.07, 6.45) is 0.819. The molecule has 0 spiro atoms. The third kappa shape index (κ3) is 5.41. The van der Waals surface area contributed by atoms with E-state index in [4.69, 9.17) is 13.7 Å². The molecule has 9 nitrogen and oxygen atoms in total. The second-order valence-electron chi connectivity index (χ2n) is 8.91. The molecule has 1 saturated heterocycles. The van der Waals surface area contributed by atoms with Gasteiger partial charge in [-0.3, -0.25) is 4.48 Å². The lowest BCUT2D eigenvalue weighted by atomic mass is 9.99. The minimum Gasteiger partial charge on any atom is -0.452 e. The number of rotatable bonds is 10. The first-order chi connectivity index (χ1) is 16.8. The molecular formula is C25H31N2O7S+. The number of benzene rings is 2. The maximum atomic E-state index is 12.9. The predicted molar refractivity (Wildman–Crippen MR) is 128 cm³/mol. The van der Waals surface area contributed by atoms with Gasteiger partial charge in [-0.25, -0.2) is 4.79 Å². The maximum Gasteiger partial charge on any atom is 0.422 e. The van der Waals surface area contributed by atoms with Crippen LogP contribution in [0.3, 0.4) is 0 Å². The third-order valence-corrected chi connectivity index (χ3v) is 7.51. The molecule has 1 N–H and O–H groups in total. The molecule has 35 heavy (non-hydrogen) atoms. The lowest BCUT2D eigenvalue weighted by Gasteiger charge is -2.42. The Morgan fingerprint density at radius 1 is 1.03 bits per heavy atom. The molecule has 3 atom stereocenters. The highest BCUT2D eigenvalue weighted by molar-refractivity contribution is 7.85. The number of methoxy groups -OCH3 is 1. The molecule has 0 aliphatic carbocycles. The summed E-state index contributed by atoms with van der Waals surface area (Å²) in [6, 6.07) is 19.4. The summed E-state index contributed by atoms with van der Waals surface area (Å²) >= 11 is 0. The summed E-state index contributed by atoms with van der Waals surface area (Å²) in [5.41, 5.74) is 1.25. The van der Waals surface area contributed by atoms with Gasteiger partial charge in [0.2, 0.25) is 0 Å². The largest absolute Gasteiger partial charge is 0.452 e. The van der Waals surface area contributed by atoms with Gasteiger partial charge in [-0.05, 0) is 17.2 Å². The Balaban J connectivity index is 1.60. The number of nitrogens with zero attached hydrogens (tertiary/aromatic N) is 1. The number of ether oxygens (including phenoxy) is 3. The van der Waals surface area contributed by atoms with Crippen molar-refractivity contribution in [3.05, 3.63) is 83.4 Å². The van der Waals surface area contributed by atoms with Crippen LogP contribution in [0.15, 0.2) is 72.3 Å². The van der Waals surface area contributed by atoms with Crippen LogP contribution in [0.4, 0.5) is 4.79 Å². The van der Waals surface area contributed by atoms with Gasteiger partial charge >= 0.3 is 16.4 Å². The Hall–Kier alpha value is -2.76. The summed E-state index contributed by atoms with van der Waals surface area (Å²) in [5.74, 6) is 0. The van der Waals surface area contributed by atoms with Gasteiger partial charge in [0.05, 0.1) is 46.1 Å². The number of carbonyl (C=O) groups excluding carboxylic acids is 1. The van der Waals surface area contributed by atoms with Gasteiger partial charge in [0.15, 0.2) is 6.10 Å². The van der Waals surface area contributed by atoms with Crippen LogP contribution in [-0.2, 0) is 41.9 Å². The van der Waals surface area contributed by atoms with Crippen LogP contribution in [0.2, 0.25) is 0 Å². The zero-order chi connectivity index (χ0) is 24.9. The summed E-state index contributed by atoms with van der Waals surface area (Å²) in [6.45, 7) is 1.98. The second-order valence-corrected chi connectivity index (χ2v) is 10.2. The summed E-state index contributed by atoms with van der Waals surface area (Å²) in [7, 11) is -1.50. The highest BCUT2D eigenvalue weighted by Crippen LogP contribution is 2.49. The third-order valence-electron chi connectivity index (χ3n) is 6.62. The topological polar surface area (TPSA) is 100 Å². The zero-order valence-electron chi connectivity index (χ0n) is 19.9. The number of amides is 1. The molecule has 10 heteroatoms. The van der Waals surface area contributed by atoms with Gasteiger partial charge in [-0.2, -0.15) is 17.3 Å². The van der Waals surface area contributed by atoms with Gasteiger partial charge in [-0.1, -0.05) is 60.7 Å². The SMILES string of the molecule is COC(=O)NS(=O)(=O)OC12C(COCc3ccccc3)=CC[N+]1(C)CCC2OCc1ccccc1. The summed E-state index contributed by atoms with van der Waals surface area (Å²) in [4.78, 5) is 11.7. The first-order valence-corrected chi connectivity index (χ1v) is 12.8. The van der Waals surface area contributed by atoms with Gasteiger partial charge in [0.1, 0.15) is 6.54 Å². The van der Waals surface area contributed by atoms with E-state index in [-0.39, 0.29) is 11.1 Å². The van der Waals surface area contributed by atoms with E-state index in [1.54, 1.807) is 0 Å². The van der Waals surface area contributed by atoms with Crippen molar-refractivity contribution >= 4 is 16.4 Å². The van der Waals surface area contributed by atoms with E-state index in [2.05, 4.69) is 4.74 Å². The molecule has 1 amide bonds. The molecule has 0 bridgehead atoms. The Morgan fingerprint density at radius 2 is 1.66 bits per heavy atom. The van der Waals surface area contributed by atoms with Crippen LogP contribution in [0.1, 0.15) is 17.5 Å². The van der Waals surface area contributed by atoms with Crippen molar-refractivity contribution in [1.82, 2.24) is 4.72 Å². The smallest absolute Gasteiger partial charge is 0.422 e. The van der Waals surface area contributed by atoms with Crippen LogP contribution >= 0.6 is 0 Å². The fourth-order valence-corrected chi connectivity index (χ4v) is 5.92. The first kappa shape index (κ1) is 25.3. The Labute approximate surface area is 206 Å². The Morgan fingerprint density at radius 3 is 2.29 bits per heavy atom. The van der Waals surface area contributed by atoms with E-state index in [1.807, 2.05) is 78.5 Å². The number of carbonyl (C=O) groups is 1. The highest BCUT2D eigenvalue weighted by atomic mass is 32.2. The van der Waals surface area contributed by atoms with Gasteiger partial charge in [-0.15, -0.1) is 0 Å². The van der Waals surface area contributed by atoms with Gasteiger partial charge in [0.25, 0.3) is 5.72 Å². The molecule has 188 valence electrons. The summed E-state index contributed by atoms with van der Waals surface area (Å²) in [5, 5.41) is 0. The van der Waals surface area contributed by atoms with Gasteiger partial charge in [0, 0.05) is 6.42 Å². The van der Waals surface area contributed by atoms with Crippen molar-refractivity contribution in [2.45, 2.75) is 31.5 Å². The number of nitrogens with one attached hydrogen (secondary N) is 1. The zero-order valence-corrected chi connectivity index (χ0v) is 20.7. The summed E-state index contributed by atoms with van der Waals surface area (Å²) < 4.78 is 50.6. The number of quaternary nitrogens is 1. The molecule has 0 radical (unpaired) electrons. The molecule has 3 unspecified atom stereocenters. The first-order valence-electron chi connectivity index (χ1n) is 11.4. The van der Waals surface area contributed by atoms with Crippen molar-refractivity contribution in [1.29, 1.82) is 0 Å². The van der Waals surface area contributed by atoms with Crippen molar-refractivity contribution in [2.24, 2.45) is 0 Å². The van der Waals surface area contributed by atoms with E-state index in [1.165, 1.54) is 0 Å². The van der Waals surface area contributed by atoms with E-state index in [9.17, 15) is 13.2 Å². The highest BCUT2D eigenvalue weighted by Gasteiger charge is 2.68. The minimum absolute atomic E-state index is 0.154. The predicted octanol–water partition coefficient (Wildman–Crippen LogP) is 2.89. The molecule has 0 saturated carbocycles. The normalized spacial score (nSPS) is 25.7. The maximum absolute atomic E-state index is 12.9. The van der Waals surface area contributed by atoms with E-state index in [0.29, 0.717) is 38.3 Å². The number of hydrogen-bond acceptors (Lipinski definition) is 7. The second kappa shape index (κ2) is 10.5. The van der Waals surface area contributed by atoms with Crippen molar-refractivity contribution < 1.29 is 36.1 Å². The number of fused-ring (bicyclic) bond motifs is 1. The molecule has 2 heterocycles. The molecule has 4 rings (SSSR count). The molecule has 2 aromatic carbocycles. The fourth-order valence-electron chi connectivity index (χ4n) is 4.86. The number of hydrogen-bond donors (Lipinski definition) is 1. The average Bonchev–Trinajstić information content (AvgIpc) is 3.27. The monoisotopic (exact) mass is 503 g/mol. The van der Waals surface area contributed by atoms with E-state index >= 15 is 0 Å². The van der Waals surface area contributed by atoms with Crippen LogP contribution in [-0.4, -0.2) is 64.7 Å². The van der Waals surface area contributed by atoms with E-state index < -0.39 is 28.2 Å². The quantitative estimate of drug-likeness (QED) is 0.393. The van der Waals surface area contributed by atoms with Gasteiger partial charge < -0.3 is 14.2 Å². The lowest BCUT2D eigenvalue weighted by molar-refractivity contribution is -0.952. The van der Waals surface area contributed by atoms with Crippen molar-refractivity contribution in [2.75, 3.05) is 33.9 Å². The van der Waals surface area contributed by atoms with E-state index in [0.717, 1.165) is 18.2 Å². The lowest BCUT2D eigenvalue weighted by Crippen LogP contribution is -2.64. The van der Waals surface area contributed by atoms with Crippen molar-refractivity contribution in [3.8, 4) is 0 Å². The Kier molecular flexibility index (Phi) is 7.58. The van der Waals surface area contributed by atoms with Crippen LogP contribution in [0, 0.1) is 0 Å². The molecule has 2 aromatic rings. The molecular weight excluding hydrogens is 472 g/mol. The molecule has 2 aliphatic heterocycles. The molecule has 1 fully saturated rings. The van der Waals surface area contributed by atoms with Crippen LogP contribution in [0.25, 0.3) is 0 Å². The average molecular weight is 504 g/mol. The molecule has 2 aliphatic rings. The number of likely N-dealkylation sites (N-methyl/N-ethyl adjacent to an activating group) is 1. The molecule has 0 aromatic heterocycles. The van der Waals surface area contributed by atoms with Crippen LogP contribution in [0.5, 0.6) is 0 Å².